The molecule has 0 amide bonds. The van der Waals surface area contributed by atoms with E-state index in [-0.39, 0.29) is 12.1 Å². The van der Waals surface area contributed by atoms with Crippen molar-refractivity contribution in [2.24, 2.45) is 0 Å². The summed E-state index contributed by atoms with van der Waals surface area (Å²) in [5.74, 6) is 0. The van der Waals surface area contributed by atoms with Crippen molar-refractivity contribution in [1.29, 1.82) is 0 Å². The Morgan fingerprint density at radius 1 is 1.40 bits per heavy atom. The smallest absolute Gasteiger partial charge is 0.260 e. The average Bonchev–Trinajstić information content (AvgIpc) is 2.11. The highest BCUT2D eigenvalue weighted by molar-refractivity contribution is 7.80. The normalized spacial score (nSPS) is 12.1. The molecule has 5 heteroatoms. The van der Waals surface area contributed by atoms with Gasteiger partial charge in [-0.3, -0.25) is 0 Å². The number of halogens is 2. The van der Waals surface area contributed by atoms with E-state index in [9.17, 15) is 0 Å². The molecule has 0 atom stereocenters. The van der Waals surface area contributed by atoms with Crippen LogP contribution in [0.25, 0.3) is 0 Å². The Morgan fingerprint density at radius 3 is 2.27 bits per heavy atom. The molecule has 15 heavy (non-hydrogen) atoms. The summed E-state index contributed by atoms with van der Waals surface area (Å²) in [6, 6.07) is 0.224. The van der Waals surface area contributed by atoms with E-state index < -0.39 is 0 Å². The van der Waals surface area contributed by atoms with Crippen LogP contribution in [0.1, 0.15) is 27.7 Å². The summed E-state index contributed by atoms with van der Waals surface area (Å²) in [6.45, 7) is 8.39. The highest BCUT2D eigenvalue weighted by Gasteiger charge is 2.16. The molecule has 0 radical (unpaired) electrons. The molecule has 0 aliphatic carbocycles. The van der Waals surface area contributed by atoms with Crippen molar-refractivity contribution in [3.8, 4) is 0 Å². The third-order valence-electron chi connectivity index (χ3n) is 1.63. The standard InChI is InChI=1S/C10H17Cl2NOS/c1-7(2)13(6-9(12)5-11)10(15)14-8(3)4/h5,7-8H,6H2,1-4H3. The van der Waals surface area contributed by atoms with E-state index in [1.54, 1.807) is 0 Å². The summed E-state index contributed by atoms with van der Waals surface area (Å²) in [6.07, 6.45) is 0.0671. The van der Waals surface area contributed by atoms with Gasteiger partial charge in [0, 0.05) is 16.6 Å². The number of ether oxygens (including phenoxy) is 1. The Morgan fingerprint density at radius 2 is 1.93 bits per heavy atom. The zero-order chi connectivity index (χ0) is 12.0. The molecule has 0 aromatic rings. The number of nitrogens with zero attached hydrogens (tertiary/aromatic N) is 1. The van der Waals surface area contributed by atoms with Gasteiger partial charge in [0.1, 0.15) is 0 Å². The highest BCUT2D eigenvalue weighted by atomic mass is 35.5. The fourth-order valence-electron chi connectivity index (χ4n) is 0.925. The maximum atomic E-state index is 5.86. The first-order valence-corrected chi connectivity index (χ1v) is 6.02. The maximum Gasteiger partial charge on any atom is 0.260 e. The van der Waals surface area contributed by atoms with Crippen molar-refractivity contribution >= 4 is 40.6 Å². The van der Waals surface area contributed by atoms with Crippen molar-refractivity contribution < 1.29 is 4.74 Å². The first-order valence-electron chi connectivity index (χ1n) is 4.80. The molecule has 0 N–H and O–H groups in total. The van der Waals surface area contributed by atoms with Gasteiger partial charge in [-0.05, 0) is 39.9 Å². The Labute approximate surface area is 107 Å². The molecule has 0 saturated carbocycles. The lowest BCUT2D eigenvalue weighted by molar-refractivity contribution is 0.179. The summed E-state index contributed by atoms with van der Waals surface area (Å²) in [5, 5.41) is 0.997. The molecule has 0 rings (SSSR count). The third kappa shape index (κ3) is 6.23. The second-order valence-electron chi connectivity index (χ2n) is 3.71. The van der Waals surface area contributed by atoms with Crippen LogP contribution in [0.5, 0.6) is 0 Å². The fraction of sp³-hybridized carbons (Fsp3) is 0.700. The minimum Gasteiger partial charge on any atom is -0.468 e. The third-order valence-corrected chi connectivity index (χ3v) is 2.57. The minimum absolute atomic E-state index is 0.0671. The van der Waals surface area contributed by atoms with Gasteiger partial charge in [0.25, 0.3) is 5.17 Å². The largest absolute Gasteiger partial charge is 0.468 e. The molecule has 0 unspecified atom stereocenters. The van der Waals surface area contributed by atoms with Crippen LogP contribution in [0.4, 0.5) is 0 Å². The Kier molecular flexibility index (Phi) is 7.32. The predicted molar refractivity (Wildman–Crippen MR) is 70.5 cm³/mol. The van der Waals surface area contributed by atoms with Gasteiger partial charge in [-0.2, -0.15) is 0 Å². The molecular formula is C10H17Cl2NOS. The second kappa shape index (κ2) is 7.31. The van der Waals surface area contributed by atoms with Gasteiger partial charge in [0.15, 0.2) is 0 Å². The van der Waals surface area contributed by atoms with Crippen LogP contribution in [0, 0.1) is 0 Å². The zero-order valence-corrected chi connectivity index (χ0v) is 11.8. The van der Waals surface area contributed by atoms with E-state index in [2.05, 4.69) is 0 Å². The SMILES string of the molecule is CC(C)OC(=S)N(CC(Cl)=CCl)C(C)C. The number of rotatable bonds is 4. The molecule has 88 valence electrons. The van der Waals surface area contributed by atoms with Crippen LogP contribution in [0.15, 0.2) is 10.6 Å². The van der Waals surface area contributed by atoms with Crippen LogP contribution in [0.2, 0.25) is 0 Å². The van der Waals surface area contributed by atoms with Gasteiger partial charge in [-0.15, -0.1) is 0 Å². The number of thiocarbonyl (C=S) groups is 1. The maximum absolute atomic E-state index is 5.86. The summed E-state index contributed by atoms with van der Waals surface area (Å²) in [7, 11) is 0. The first-order chi connectivity index (χ1) is 6.88. The molecule has 0 bridgehead atoms. The van der Waals surface area contributed by atoms with Gasteiger partial charge in [0.05, 0.1) is 12.6 Å². The van der Waals surface area contributed by atoms with E-state index in [0.29, 0.717) is 16.8 Å². The van der Waals surface area contributed by atoms with Crippen LogP contribution in [-0.2, 0) is 4.74 Å². The average molecular weight is 270 g/mol. The van der Waals surface area contributed by atoms with Crippen molar-refractivity contribution in [2.45, 2.75) is 39.8 Å². The van der Waals surface area contributed by atoms with Crippen molar-refractivity contribution in [2.75, 3.05) is 6.54 Å². The fourth-order valence-corrected chi connectivity index (χ4v) is 1.59. The summed E-state index contributed by atoms with van der Waals surface area (Å²) >= 11 is 16.5. The number of hydrogen-bond donors (Lipinski definition) is 0. The van der Waals surface area contributed by atoms with Crippen molar-refractivity contribution in [3.05, 3.63) is 10.6 Å². The minimum atomic E-state index is 0.0671. The van der Waals surface area contributed by atoms with Gasteiger partial charge in [-0.25, -0.2) is 0 Å². The number of hydrogen-bond acceptors (Lipinski definition) is 2. The molecule has 0 heterocycles. The molecule has 0 spiro atoms. The monoisotopic (exact) mass is 269 g/mol. The van der Waals surface area contributed by atoms with E-state index >= 15 is 0 Å². The van der Waals surface area contributed by atoms with Crippen molar-refractivity contribution in [3.63, 3.8) is 0 Å². The summed E-state index contributed by atoms with van der Waals surface area (Å²) in [5.41, 5.74) is 1.34. The van der Waals surface area contributed by atoms with Crippen molar-refractivity contribution in [1.82, 2.24) is 4.90 Å². The van der Waals surface area contributed by atoms with E-state index in [1.165, 1.54) is 5.54 Å². The Hall–Kier alpha value is 0.01000. The molecule has 0 aromatic heterocycles. The Bertz CT molecular complexity index is 242. The van der Waals surface area contributed by atoms with Crippen LogP contribution < -0.4 is 0 Å². The van der Waals surface area contributed by atoms with Gasteiger partial charge >= 0.3 is 0 Å². The summed E-state index contributed by atoms with van der Waals surface area (Å²) in [4.78, 5) is 1.89. The molecule has 0 aliphatic rings. The first kappa shape index (κ1) is 15.0. The van der Waals surface area contributed by atoms with E-state index in [0.717, 1.165) is 0 Å². The van der Waals surface area contributed by atoms with Crippen LogP contribution in [0.3, 0.4) is 0 Å². The van der Waals surface area contributed by atoms with Gasteiger partial charge in [-0.1, -0.05) is 23.2 Å². The molecular weight excluding hydrogens is 253 g/mol. The summed E-state index contributed by atoms with van der Waals surface area (Å²) < 4.78 is 5.45. The predicted octanol–water partition coefficient (Wildman–Crippen LogP) is 3.73. The molecule has 0 fully saturated rings. The molecule has 0 saturated heterocycles. The van der Waals surface area contributed by atoms with Crippen LogP contribution in [-0.4, -0.2) is 28.8 Å². The molecule has 2 nitrogen and oxygen atoms in total. The Balaban J connectivity index is 4.46. The highest BCUT2D eigenvalue weighted by Crippen LogP contribution is 2.11. The van der Waals surface area contributed by atoms with E-state index in [1.807, 2.05) is 32.6 Å². The molecule has 0 aromatic carbocycles. The topological polar surface area (TPSA) is 12.5 Å². The van der Waals surface area contributed by atoms with Crippen LogP contribution >= 0.6 is 35.4 Å². The lowest BCUT2D eigenvalue weighted by atomic mass is 10.3. The van der Waals surface area contributed by atoms with E-state index in [4.69, 9.17) is 40.2 Å². The zero-order valence-electron chi connectivity index (χ0n) is 9.46. The molecule has 0 aliphatic heterocycles. The lowest BCUT2D eigenvalue weighted by Crippen LogP contribution is -2.39. The lowest BCUT2D eigenvalue weighted by Gasteiger charge is -2.29. The van der Waals surface area contributed by atoms with Gasteiger partial charge in [0.2, 0.25) is 0 Å². The second-order valence-corrected chi connectivity index (χ2v) is 4.76. The quantitative estimate of drug-likeness (QED) is 0.722. The van der Waals surface area contributed by atoms with Gasteiger partial charge < -0.3 is 9.64 Å².